The molecule has 1 heterocycles. The lowest BCUT2D eigenvalue weighted by Crippen LogP contribution is -2.24. The van der Waals surface area contributed by atoms with Gasteiger partial charge in [-0.25, -0.2) is 0 Å². The number of halogens is 1. The summed E-state index contributed by atoms with van der Waals surface area (Å²) >= 11 is 6.08. The van der Waals surface area contributed by atoms with Crippen molar-refractivity contribution in [3.63, 3.8) is 0 Å². The maximum absolute atomic E-state index is 9.02. The van der Waals surface area contributed by atoms with Gasteiger partial charge >= 0.3 is 0 Å². The quantitative estimate of drug-likeness (QED) is 0.674. The summed E-state index contributed by atoms with van der Waals surface area (Å²) in [5.74, 6) is 1.01. The highest BCUT2D eigenvalue weighted by molar-refractivity contribution is 6.30. The van der Waals surface area contributed by atoms with Gasteiger partial charge in [0.1, 0.15) is 6.07 Å². The Bertz CT molecular complexity index is 456. The molecule has 0 amide bonds. The highest BCUT2D eigenvalue weighted by Crippen LogP contribution is 2.51. The fourth-order valence-electron chi connectivity index (χ4n) is 3.00. The number of nitriles is 1. The number of fused-ring (bicyclic) bond motifs is 2. The number of nitrogens with zero attached hydrogens (tertiary/aromatic N) is 3. The van der Waals surface area contributed by atoms with Gasteiger partial charge in [-0.2, -0.15) is 5.26 Å². The molecule has 4 heteroatoms. The molecule has 0 atom stereocenters. The normalized spacial score (nSPS) is 27.2. The van der Waals surface area contributed by atoms with Crippen molar-refractivity contribution in [3.8, 4) is 6.07 Å². The summed E-state index contributed by atoms with van der Waals surface area (Å²) < 4.78 is 0. The van der Waals surface area contributed by atoms with Crippen LogP contribution in [-0.2, 0) is 0 Å². The maximum Gasteiger partial charge on any atom is 0.166 e. The smallest absolute Gasteiger partial charge is 0.166 e. The van der Waals surface area contributed by atoms with Crippen molar-refractivity contribution in [2.24, 2.45) is 0 Å². The topological polar surface area (TPSA) is 49.6 Å². The second kappa shape index (κ2) is 3.18. The van der Waals surface area contributed by atoms with E-state index < -0.39 is 0 Å². The first kappa shape index (κ1) is 9.11. The summed E-state index contributed by atoms with van der Waals surface area (Å²) in [6.45, 7) is 0. The minimum Gasteiger partial charge on any atom is -0.191 e. The van der Waals surface area contributed by atoms with E-state index in [9.17, 15) is 0 Å². The van der Waals surface area contributed by atoms with Gasteiger partial charge in [0.05, 0.1) is 0 Å². The molecule has 0 aromatic carbocycles. The molecule has 2 bridgehead atoms. The third kappa shape index (κ3) is 1.18. The van der Waals surface area contributed by atoms with Gasteiger partial charge in [-0.3, -0.25) is 0 Å². The number of aromatic nitrogens is 2. The van der Waals surface area contributed by atoms with E-state index in [0.29, 0.717) is 22.7 Å². The Kier molecular flexibility index (Phi) is 1.93. The van der Waals surface area contributed by atoms with Crippen LogP contribution in [0.4, 0.5) is 0 Å². The third-order valence-electron chi connectivity index (χ3n) is 3.65. The Morgan fingerprint density at radius 3 is 2.27 bits per heavy atom. The van der Waals surface area contributed by atoms with Gasteiger partial charge in [0.2, 0.25) is 0 Å². The molecule has 1 aromatic rings. The summed E-state index contributed by atoms with van der Waals surface area (Å²) in [5.41, 5.74) is 2.70. The van der Waals surface area contributed by atoms with Crippen LogP contribution in [0.15, 0.2) is 0 Å². The molecular weight excluding hydrogens is 210 g/mol. The number of hydrogen-bond acceptors (Lipinski definition) is 3. The van der Waals surface area contributed by atoms with Crippen LogP contribution < -0.4 is 0 Å². The van der Waals surface area contributed by atoms with E-state index in [0.717, 1.165) is 11.1 Å². The van der Waals surface area contributed by atoms with Crippen molar-refractivity contribution < 1.29 is 0 Å². The lowest BCUT2D eigenvalue weighted by molar-refractivity contribution is 0.355. The summed E-state index contributed by atoms with van der Waals surface area (Å²) in [6.07, 6.45) is 4.73. The van der Waals surface area contributed by atoms with E-state index in [1.165, 1.54) is 25.7 Å². The lowest BCUT2D eigenvalue weighted by Gasteiger charge is -2.38. The van der Waals surface area contributed by atoms with E-state index >= 15 is 0 Å². The molecule has 0 unspecified atom stereocenters. The van der Waals surface area contributed by atoms with Gasteiger partial charge in [0.15, 0.2) is 10.8 Å². The molecule has 1 fully saturated rings. The first-order valence-electron chi connectivity index (χ1n) is 5.27. The Morgan fingerprint density at radius 2 is 1.67 bits per heavy atom. The van der Waals surface area contributed by atoms with E-state index in [1.807, 2.05) is 0 Å². The summed E-state index contributed by atoms with van der Waals surface area (Å²) in [7, 11) is 0. The zero-order valence-electron chi connectivity index (χ0n) is 8.20. The minimum absolute atomic E-state index is 0.490. The first-order chi connectivity index (χ1) is 7.31. The Hall–Kier alpha value is -1.14. The molecule has 1 aromatic heterocycles. The SMILES string of the molecule is N#Cc1nnc(Cl)c2c1C1CCC2CC1. The van der Waals surface area contributed by atoms with Crippen LogP contribution in [-0.4, -0.2) is 10.2 Å². The molecular formula is C11H10ClN3. The van der Waals surface area contributed by atoms with Crippen molar-refractivity contribution in [2.45, 2.75) is 37.5 Å². The zero-order valence-corrected chi connectivity index (χ0v) is 8.96. The molecule has 4 rings (SSSR count). The van der Waals surface area contributed by atoms with Crippen molar-refractivity contribution in [3.05, 3.63) is 22.0 Å². The van der Waals surface area contributed by atoms with E-state index in [2.05, 4.69) is 16.3 Å². The van der Waals surface area contributed by atoms with Gasteiger partial charge in [0, 0.05) is 11.1 Å². The van der Waals surface area contributed by atoms with Crippen molar-refractivity contribution in [1.29, 1.82) is 5.26 Å². The maximum atomic E-state index is 9.02. The molecule has 3 aliphatic carbocycles. The molecule has 3 nitrogen and oxygen atoms in total. The second-order valence-corrected chi connectivity index (χ2v) is 4.69. The van der Waals surface area contributed by atoms with Gasteiger partial charge in [-0.1, -0.05) is 11.6 Å². The zero-order chi connectivity index (χ0) is 10.4. The molecule has 0 radical (unpaired) electrons. The van der Waals surface area contributed by atoms with Crippen LogP contribution in [0.1, 0.15) is 54.3 Å². The first-order valence-corrected chi connectivity index (χ1v) is 5.65. The number of hydrogen-bond donors (Lipinski definition) is 0. The number of rotatable bonds is 0. The van der Waals surface area contributed by atoms with Crippen LogP contribution in [0.2, 0.25) is 5.15 Å². The minimum atomic E-state index is 0.490. The Morgan fingerprint density at radius 1 is 1.07 bits per heavy atom. The van der Waals surface area contributed by atoms with Gasteiger partial charge < -0.3 is 0 Å². The van der Waals surface area contributed by atoms with E-state index in [-0.39, 0.29) is 0 Å². The molecule has 1 saturated carbocycles. The monoisotopic (exact) mass is 219 g/mol. The standard InChI is InChI=1S/C11H10ClN3/c12-11-10-7-3-1-6(2-4-7)9(10)8(5-13)14-15-11/h6-7H,1-4H2. The molecule has 3 aliphatic rings. The third-order valence-corrected chi connectivity index (χ3v) is 3.93. The summed E-state index contributed by atoms with van der Waals surface area (Å²) in [4.78, 5) is 0. The van der Waals surface area contributed by atoms with Crippen LogP contribution in [0, 0.1) is 11.3 Å². The van der Waals surface area contributed by atoms with Crippen LogP contribution in [0.3, 0.4) is 0 Å². The molecule has 15 heavy (non-hydrogen) atoms. The molecule has 0 N–H and O–H groups in total. The van der Waals surface area contributed by atoms with Gasteiger partial charge in [-0.15, -0.1) is 10.2 Å². The van der Waals surface area contributed by atoms with E-state index in [4.69, 9.17) is 16.9 Å². The lowest BCUT2D eigenvalue weighted by atomic mass is 9.67. The molecule has 76 valence electrons. The van der Waals surface area contributed by atoms with Gasteiger partial charge in [-0.05, 0) is 37.5 Å². The summed E-state index contributed by atoms with van der Waals surface area (Å²) in [6, 6.07) is 2.13. The van der Waals surface area contributed by atoms with Crippen molar-refractivity contribution >= 4 is 11.6 Å². The Labute approximate surface area is 93.1 Å². The molecule has 0 saturated heterocycles. The highest BCUT2D eigenvalue weighted by Gasteiger charge is 2.37. The molecule has 0 aliphatic heterocycles. The average molecular weight is 220 g/mol. The average Bonchev–Trinajstić information content (AvgIpc) is 2.31. The van der Waals surface area contributed by atoms with Crippen molar-refractivity contribution in [2.75, 3.05) is 0 Å². The second-order valence-electron chi connectivity index (χ2n) is 4.33. The van der Waals surface area contributed by atoms with Crippen LogP contribution in [0.25, 0.3) is 0 Å². The largest absolute Gasteiger partial charge is 0.191 e. The van der Waals surface area contributed by atoms with Crippen molar-refractivity contribution in [1.82, 2.24) is 10.2 Å². The predicted octanol–water partition coefficient (Wildman–Crippen LogP) is 2.76. The summed E-state index contributed by atoms with van der Waals surface area (Å²) in [5, 5.41) is 17.3. The fraction of sp³-hybridized carbons (Fsp3) is 0.545. The molecule has 0 spiro atoms. The van der Waals surface area contributed by atoms with Gasteiger partial charge in [0.25, 0.3) is 0 Å². The fourth-order valence-corrected chi connectivity index (χ4v) is 3.29. The van der Waals surface area contributed by atoms with Crippen LogP contribution in [0.5, 0.6) is 0 Å². The van der Waals surface area contributed by atoms with E-state index in [1.54, 1.807) is 0 Å². The predicted molar refractivity (Wildman–Crippen MR) is 55.7 cm³/mol. The van der Waals surface area contributed by atoms with Crippen LogP contribution >= 0.6 is 11.6 Å². The Balaban J connectivity index is 2.29. The highest BCUT2D eigenvalue weighted by atomic mass is 35.5.